The zero-order valence-electron chi connectivity index (χ0n) is 15.2. The zero-order valence-corrected chi connectivity index (χ0v) is 15.2. The summed E-state index contributed by atoms with van der Waals surface area (Å²) in [4.78, 5) is 38.5. The van der Waals surface area contributed by atoms with Crippen LogP contribution in [0, 0.1) is 12.8 Å². The lowest BCUT2D eigenvalue weighted by atomic mass is 10.1. The molecule has 0 unspecified atom stereocenters. The van der Waals surface area contributed by atoms with Gasteiger partial charge in [0, 0.05) is 18.7 Å². The van der Waals surface area contributed by atoms with Crippen molar-refractivity contribution in [2.75, 3.05) is 18.6 Å². The third-order valence-electron chi connectivity index (χ3n) is 4.49. The van der Waals surface area contributed by atoms with Crippen LogP contribution >= 0.6 is 0 Å². The van der Waals surface area contributed by atoms with Crippen molar-refractivity contribution in [2.45, 2.75) is 13.3 Å². The quantitative estimate of drug-likeness (QED) is 0.807. The molecule has 2 N–H and O–H groups in total. The number of carbonyl (C=O) groups is 3. The first-order valence-electron chi connectivity index (χ1n) is 8.60. The second kappa shape index (κ2) is 7.90. The molecule has 1 aliphatic rings. The van der Waals surface area contributed by atoms with Crippen LogP contribution in [-0.2, 0) is 9.59 Å². The average molecular weight is 367 g/mol. The van der Waals surface area contributed by atoms with Gasteiger partial charge in [0.15, 0.2) is 0 Å². The Hall–Kier alpha value is -3.35. The van der Waals surface area contributed by atoms with Crippen molar-refractivity contribution in [3.05, 3.63) is 59.7 Å². The number of aryl methyl sites for hydroxylation is 1. The largest absolute Gasteiger partial charge is 0.496 e. The van der Waals surface area contributed by atoms with Gasteiger partial charge in [-0.15, -0.1) is 0 Å². The second-order valence-corrected chi connectivity index (χ2v) is 6.38. The molecule has 7 nitrogen and oxygen atoms in total. The summed E-state index contributed by atoms with van der Waals surface area (Å²) in [6.45, 7) is 2.24. The molecule has 0 aromatic heterocycles. The fourth-order valence-corrected chi connectivity index (χ4v) is 2.98. The van der Waals surface area contributed by atoms with E-state index in [4.69, 9.17) is 4.74 Å². The maximum atomic E-state index is 12.4. The lowest BCUT2D eigenvalue weighted by Gasteiger charge is -2.17. The highest BCUT2D eigenvalue weighted by Gasteiger charge is 2.35. The van der Waals surface area contributed by atoms with Gasteiger partial charge in [-0.25, -0.2) is 0 Å². The smallest absolute Gasteiger partial charge is 0.273 e. The van der Waals surface area contributed by atoms with Crippen molar-refractivity contribution in [3.8, 4) is 5.75 Å². The van der Waals surface area contributed by atoms with Crippen molar-refractivity contribution in [2.24, 2.45) is 5.92 Å². The SMILES string of the molecule is COc1ccccc1C(=O)NNC(=O)[C@H]1CC(=O)N(c2ccc(C)cc2)C1. The topological polar surface area (TPSA) is 87.7 Å². The lowest BCUT2D eigenvalue weighted by Crippen LogP contribution is -2.45. The minimum Gasteiger partial charge on any atom is -0.496 e. The predicted molar refractivity (Wildman–Crippen MR) is 100 cm³/mol. The molecule has 1 saturated heterocycles. The number of nitrogens with one attached hydrogen (secondary N) is 2. The molecule has 1 fully saturated rings. The highest BCUT2D eigenvalue weighted by atomic mass is 16.5. The second-order valence-electron chi connectivity index (χ2n) is 6.38. The van der Waals surface area contributed by atoms with Crippen molar-refractivity contribution in [3.63, 3.8) is 0 Å². The normalized spacial score (nSPS) is 16.1. The third kappa shape index (κ3) is 4.08. The Morgan fingerprint density at radius 2 is 1.78 bits per heavy atom. The van der Waals surface area contributed by atoms with Gasteiger partial charge in [0.05, 0.1) is 18.6 Å². The summed E-state index contributed by atoms with van der Waals surface area (Å²) in [5.41, 5.74) is 6.95. The maximum absolute atomic E-state index is 12.4. The molecule has 3 amide bonds. The van der Waals surface area contributed by atoms with E-state index in [1.54, 1.807) is 29.2 Å². The van der Waals surface area contributed by atoms with Gasteiger partial charge in [-0.05, 0) is 31.2 Å². The number of rotatable bonds is 4. The molecule has 0 aliphatic carbocycles. The summed E-state index contributed by atoms with van der Waals surface area (Å²) in [5.74, 6) is -1.13. The van der Waals surface area contributed by atoms with Gasteiger partial charge in [0.25, 0.3) is 5.91 Å². The standard InChI is InChI=1S/C20H21N3O4/c1-13-7-9-15(10-8-13)23-12-14(11-18(23)24)19(25)21-22-20(26)16-5-3-4-6-17(16)27-2/h3-10,14H,11-12H2,1-2H3,(H,21,25)(H,22,26)/t14-/m0/s1. The average Bonchev–Trinajstić information content (AvgIpc) is 3.08. The van der Waals surface area contributed by atoms with Crippen LogP contribution in [-0.4, -0.2) is 31.4 Å². The summed E-state index contributed by atoms with van der Waals surface area (Å²) >= 11 is 0. The van der Waals surface area contributed by atoms with Gasteiger partial charge in [-0.2, -0.15) is 0 Å². The van der Waals surface area contributed by atoms with E-state index >= 15 is 0 Å². The molecule has 140 valence electrons. The minimum absolute atomic E-state index is 0.101. The Morgan fingerprint density at radius 1 is 1.07 bits per heavy atom. The molecule has 2 aromatic rings. The van der Waals surface area contributed by atoms with Crippen LogP contribution in [0.2, 0.25) is 0 Å². The fourth-order valence-electron chi connectivity index (χ4n) is 2.98. The van der Waals surface area contributed by atoms with Gasteiger partial charge < -0.3 is 9.64 Å². The van der Waals surface area contributed by atoms with Crippen LogP contribution in [0.4, 0.5) is 5.69 Å². The van der Waals surface area contributed by atoms with E-state index in [1.165, 1.54) is 7.11 Å². The van der Waals surface area contributed by atoms with Crippen LogP contribution in [0.15, 0.2) is 48.5 Å². The maximum Gasteiger partial charge on any atom is 0.273 e. The number of hydrogen-bond acceptors (Lipinski definition) is 4. The van der Waals surface area contributed by atoms with Crippen LogP contribution in [0.5, 0.6) is 5.75 Å². The van der Waals surface area contributed by atoms with Crippen LogP contribution in [0.3, 0.4) is 0 Å². The number of amides is 3. The number of hydrazine groups is 1. The Bertz CT molecular complexity index is 864. The summed E-state index contributed by atoms with van der Waals surface area (Å²) in [6, 6.07) is 14.3. The van der Waals surface area contributed by atoms with Crippen molar-refractivity contribution < 1.29 is 19.1 Å². The van der Waals surface area contributed by atoms with Gasteiger partial charge in [0.1, 0.15) is 5.75 Å². The molecule has 1 aliphatic heterocycles. The highest BCUT2D eigenvalue weighted by molar-refractivity contribution is 6.01. The summed E-state index contributed by atoms with van der Waals surface area (Å²) in [5, 5.41) is 0. The molecule has 0 spiro atoms. The summed E-state index contributed by atoms with van der Waals surface area (Å²) < 4.78 is 5.13. The Morgan fingerprint density at radius 3 is 2.48 bits per heavy atom. The van der Waals surface area contributed by atoms with Crippen molar-refractivity contribution in [1.82, 2.24) is 10.9 Å². The number of benzene rings is 2. The number of methoxy groups -OCH3 is 1. The molecular formula is C20H21N3O4. The van der Waals surface area contributed by atoms with Gasteiger partial charge >= 0.3 is 0 Å². The number of hydrogen-bond donors (Lipinski definition) is 2. The lowest BCUT2D eigenvalue weighted by molar-refractivity contribution is -0.126. The molecule has 0 saturated carbocycles. The molecule has 7 heteroatoms. The van der Waals surface area contributed by atoms with Crippen LogP contribution in [0.25, 0.3) is 0 Å². The van der Waals surface area contributed by atoms with Gasteiger partial charge in [-0.3, -0.25) is 25.2 Å². The molecule has 0 radical (unpaired) electrons. The zero-order chi connectivity index (χ0) is 19.4. The van der Waals surface area contributed by atoms with Gasteiger partial charge in [-0.1, -0.05) is 29.8 Å². The molecule has 0 bridgehead atoms. The fraction of sp³-hybridized carbons (Fsp3) is 0.250. The van der Waals surface area contributed by atoms with E-state index in [1.807, 2.05) is 31.2 Å². The Kier molecular flexibility index (Phi) is 5.40. The van der Waals surface area contributed by atoms with E-state index in [0.29, 0.717) is 11.3 Å². The first-order valence-corrected chi connectivity index (χ1v) is 8.60. The van der Waals surface area contributed by atoms with E-state index in [2.05, 4.69) is 10.9 Å². The van der Waals surface area contributed by atoms with E-state index in [9.17, 15) is 14.4 Å². The number of anilines is 1. The van der Waals surface area contributed by atoms with E-state index < -0.39 is 17.7 Å². The van der Waals surface area contributed by atoms with Crippen LogP contribution < -0.4 is 20.5 Å². The first-order chi connectivity index (χ1) is 13.0. The molecule has 1 heterocycles. The Balaban J connectivity index is 1.59. The van der Waals surface area contributed by atoms with E-state index in [-0.39, 0.29) is 18.9 Å². The number of nitrogens with zero attached hydrogens (tertiary/aromatic N) is 1. The van der Waals surface area contributed by atoms with Crippen LogP contribution in [0.1, 0.15) is 22.3 Å². The molecule has 3 rings (SSSR count). The summed E-state index contributed by atoms with van der Waals surface area (Å²) in [6.07, 6.45) is 0.101. The molecule has 27 heavy (non-hydrogen) atoms. The van der Waals surface area contributed by atoms with Crippen molar-refractivity contribution >= 4 is 23.4 Å². The van der Waals surface area contributed by atoms with Crippen molar-refractivity contribution in [1.29, 1.82) is 0 Å². The number of para-hydroxylation sites is 1. The van der Waals surface area contributed by atoms with E-state index in [0.717, 1.165) is 11.3 Å². The van der Waals surface area contributed by atoms with Gasteiger partial charge in [0.2, 0.25) is 11.8 Å². The first kappa shape index (κ1) is 18.4. The third-order valence-corrected chi connectivity index (χ3v) is 4.49. The molecule has 1 atom stereocenters. The predicted octanol–water partition coefficient (Wildman–Crippen LogP) is 1.82. The molecule has 2 aromatic carbocycles. The number of carbonyl (C=O) groups excluding carboxylic acids is 3. The number of ether oxygens (including phenoxy) is 1. The monoisotopic (exact) mass is 367 g/mol. The Labute approximate surface area is 157 Å². The summed E-state index contributed by atoms with van der Waals surface area (Å²) in [7, 11) is 1.47. The highest BCUT2D eigenvalue weighted by Crippen LogP contribution is 2.25. The molecular weight excluding hydrogens is 346 g/mol. The minimum atomic E-state index is -0.531.